The largest absolute Gasteiger partial charge is 0.433 e. The number of hydrogen-bond donors (Lipinski definition) is 1. The molecule has 0 radical (unpaired) electrons. The van der Waals surface area contributed by atoms with Gasteiger partial charge >= 0.3 is 6.61 Å². The fourth-order valence-electron chi connectivity index (χ4n) is 2.30. The Kier molecular flexibility index (Phi) is 3.94. The number of halogens is 3. The lowest BCUT2D eigenvalue weighted by atomic mass is 9.93. The number of alkyl halides is 2. The first-order valence-electron chi connectivity index (χ1n) is 6.25. The summed E-state index contributed by atoms with van der Waals surface area (Å²) in [5.74, 6) is -1.42. The van der Waals surface area contributed by atoms with Crippen LogP contribution in [0.3, 0.4) is 0 Å². The number of nitrogens with zero attached hydrogens (tertiary/aromatic N) is 1. The van der Waals surface area contributed by atoms with Gasteiger partial charge < -0.3 is 10.5 Å². The van der Waals surface area contributed by atoms with Crippen molar-refractivity contribution in [3.8, 4) is 11.8 Å². The molecule has 0 aliphatic rings. The van der Waals surface area contributed by atoms with Gasteiger partial charge in [-0.15, -0.1) is 0 Å². The predicted molar refractivity (Wildman–Crippen MR) is 73.8 cm³/mol. The average molecular weight is 294 g/mol. The van der Waals surface area contributed by atoms with E-state index < -0.39 is 23.7 Å². The minimum atomic E-state index is -3.15. The van der Waals surface area contributed by atoms with Gasteiger partial charge in [-0.3, -0.25) is 0 Å². The van der Waals surface area contributed by atoms with Crippen molar-refractivity contribution >= 4 is 16.5 Å². The average Bonchev–Trinajstić information content (AvgIpc) is 2.36. The predicted octanol–water partition coefficient (Wildman–Crippen LogP) is 4.16. The lowest BCUT2D eigenvalue weighted by Crippen LogP contribution is -2.07. The summed E-state index contributed by atoms with van der Waals surface area (Å²) in [5, 5.41) is 9.63. The summed E-state index contributed by atoms with van der Waals surface area (Å²) in [5.41, 5.74) is 6.23. The second-order valence-electron chi connectivity index (χ2n) is 4.92. The van der Waals surface area contributed by atoms with Gasteiger partial charge in [0.1, 0.15) is 17.4 Å². The molecular weight excluding hydrogens is 281 g/mol. The molecule has 0 saturated carbocycles. The van der Waals surface area contributed by atoms with Gasteiger partial charge in [-0.2, -0.15) is 14.0 Å². The maximum atomic E-state index is 13.9. The maximum Gasteiger partial charge on any atom is 0.387 e. The van der Waals surface area contributed by atoms with E-state index in [0.29, 0.717) is 16.6 Å². The van der Waals surface area contributed by atoms with Gasteiger partial charge in [-0.1, -0.05) is 13.8 Å². The molecule has 0 aliphatic heterocycles. The molecule has 0 atom stereocenters. The molecule has 21 heavy (non-hydrogen) atoms. The van der Waals surface area contributed by atoms with Crippen LogP contribution >= 0.6 is 0 Å². The number of nitrogens with two attached hydrogens (primary N) is 1. The van der Waals surface area contributed by atoms with Crippen LogP contribution in [0.15, 0.2) is 18.2 Å². The highest BCUT2D eigenvalue weighted by molar-refractivity contribution is 5.96. The zero-order valence-electron chi connectivity index (χ0n) is 11.5. The molecule has 0 unspecified atom stereocenters. The summed E-state index contributed by atoms with van der Waals surface area (Å²) in [6, 6.07) is 5.76. The zero-order valence-corrected chi connectivity index (χ0v) is 11.5. The number of anilines is 1. The molecule has 3 nitrogen and oxygen atoms in total. The molecular formula is C15H13F3N2O. The van der Waals surface area contributed by atoms with Crippen molar-refractivity contribution in [1.29, 1.82) is 5.26 Å². The van der Waals surface area contributed by atoms with Crippen molar-refractivity contribution in [2.75, 3.05) is 5.73 Å². The molecule has 0 aromatic heterocycles. The van der Waals surface area contributed by atoms with E-state index in [0.717, 1.165) is 6.07 Å². The number of ether oxygens (including phenoxy) is 1. The van der Waals surface area contributed by atoms with Crippen molar-refractivity contribution in [2.24, 2.45) is 0 Å². The van der Waals surface area contributed by atoms with Crippen molar-refractivity contribution in [3.05, 3.63) is 35.1 Å². The van der Waals surface area contributed by atoms with E-state index in [9.17, 15) is 13.2 Å². The van der Waals surface area contributed by atoms with E-state index in [-0.39, 0.29) is 11.3 Å². The van der Waals surface area contributed by atoms with E-state index in [4.69, 9.17) is 11.0 Å². The molecule has 0 saturated heterocycles. The third kappa shape index (κ3) is 2.72. The van der Waals surface area contributed by atoms with Gasteiger partial charge in [0.05, 0.1) is 0 Å². The molecule has 0 spiro atoms. The Labute approximate surface area is 119 Å². The Morgan fingerprint density at radius 2 is 1.90 bits per heavy atom. The van der Waals surface area contributed by atoms with Crippen molar-refractivity contribution in [1.82, 2.24) is 0 Å². The van der Waals surface area contributed by atoms with Gasteiger partial charge in [-0.25, -0.2) is 4.39 Å². The minimum Gasteiger partial charge on any atom is -0.433 e. The first kappa shape index (κ1) is 15.0. The standard InChI is InChI=1S/C15H13F3N2O/c1-7(2)10-5-9(20)3-8-4-12(16)11(6-19)14(13(8)10)21-15(17)18/h3-5,7,15H,20H2,1-2H3. The molecule has 2 aromatic rings. The van der Waals surface area contributed by atoms with E-state index in [1.807, 2.05) is 13.8 Å². The summed E-state index contributed by atoms with van der Waals surface area (Å²) in [6.45, 7) is 0.533. The van der Waals surface area contributed by atoms with Gasteiger partial charge in [0.15, 0.2) is 5.75 Å². The first-order valence-corrected chi connectivity index (χ1v) is 6.25. The monoisotopic (exact) mass is 294 g/mol. The highest BCUT2D eigenvalue weighted by atomic mass is 19.3. The van der Waals surface area contributed by atoms with Crippen LogP contribution in [0.25, 0.3) is 10.8 Å². The Morgan fingerprint density at radius 1 is 1.24 bits per heavy atom. The number of hydrogen-bond acceptors (Lipinski definition) is 3. The number of nitrogen functional groups attached to an aromatic ring is 1. The lowest BCUT2D eigenvalue weighted by Gasteiger charge is -2.17. The van der Waals surface area contributed by atoms with Crippen molar-refractivity contribution < 1.29 is 17.9 Å². The number of nitriles is 1. The fraction of sp³-hybridized carbons (Fsp3) is 0.267. The molecule has 6 heteroatoms. The van der Waals surface area contributed by atoms with Crippen LogP contribution in [-0.2, 0) is 0 Å². The Bertz CT molecular complexity index is 736. The second-order valence-corrected chi connectivity index (χ2v) is 4.92. The van der Waals surface area contributed by atoms with Crippen LogP contribution in [0.1, 0.15) is 30.9 Å². The van der Waals surface area contributed by atoms with E-state index in [2.05, 4.69) is 4.74 Å². The maximum absolute atomic E-state index is 13.9. The highest BCUT2D eigenvalue weighted by Crippen LogP contribution is 2.39. The molecule has 0 aliphatic carbocycles. The molecule has 0 amide bonds. The Balaban J connectivity index is 2.95. The minimum absolute atomic E-state index is 0.0620. The second kappa shape index (κ2) is 5.52. The van der Waals surface area contributed by atoms with Crippen LogP contribution in [0, 0.1) is 17.1 Å². The summed E-state index contributed by atoms with van der Waals surface area (Å²) < 4.78 is 43.6. The summed E-state index contributed by atoms with van der Waals surface area (Å²) in [7, 11) is 0. The SMILES string of the molecule is CC(C)c1cc(N)cc2cc(F)c(C#N)c(OC(F)F)c12. The fourth-order valence-corrected chi connectivity index (χ4v) is 2.30. The van der Waals surface area contributed by atoms with Crippen LogP contribution in [0.4, 0.5) is 18.9 Å². The molecule has 2 N–H and O–H groups in total. The zero-order chi connectivity index (χ0) is 15.7. The van der Waals surface area contributed by atoms with Crippen molar-refractivity contribution in [2.45, 2.75) is 26.4 Å². The molecule has 2 aromatic carbocycles. The van der Waals surface area contributed by atoms with E-state index >= 15 is 0 Å². The van der Waals surface area contributed by atoms with Gasteiger partial charge in [0.2, 0.25) is 0 Å². The first-order chi connectivity index (χ1) is 9.85. The van der Waals surface area contributed by atoms with Crippen LogP contribution in [-0.4, -0.2) is 6.61 Å². The topological polar surface area (TPSA) is 59.0 Å². The third-order valence-corrected chi connectivity index (χ3v) is 3.14. The highest BCUT2D eigenvalue weighted by Gasteiger charge is 2.21. The third-order valence-electron chi connectivity index (χ3n) is 3.14. The van der Waals surface area contributed by atoms with E-state index in [1.165, 1.54) is 6.07 Å². The van der Waals surface area contributed by atoms with Gasteiger partial charge in [-0.05, 0) is 35.1 Å². The smallest absolute Gasteiger partial charge is 0.387 e. The van der Waals surface area contributed by atoms with Gasteiger partial charge in [0, 0.05) is 11.1 Å². The number of fused-ring (bicyclic) bond motifs is 1. The summed E-state index contributed by atoms with van der Waals surface area (Å²) >= 11 is 0. The number of benzene rings is 2. The molecule has 0 fully saturated rings. The van der Waals surface area contributed by atoms with Crippen LogP contribution in [0.2, 0.25) is 0 Å². The normalized spacial score (nSPS) is 11.1. The molecule has 110 valence electrons. The van der Waals surface area contributed by atoms with Crippen LogP contribution < -0.4 is 10.5 Å². The van der Waals surface area contributed by atoms with Crippen LogP contribution in [0.5, 0.6) is 5.75 Å². The Morgan fingerprint density at radius 3 is 2.43 bits per heavy atom. The Hall–Kier alpha value is -2.42. The molecule has 0 bridgehead atoms. The van der Waals surface area contributed by atoms with Crippen molar-refractivity contribution in [3.63, 3.8) is 0 Å². The lowest BCUT2D eigenvalue weighted by molar-refractivity contribution is -0.0491. The summed E-state index contributed by atoms with van der Waals surface area (Å²) in [4.78, 5) is 0. The molecule has 2 rings (SSSR count). The summed E-state index contributed by atoms with van der Waals surface area (Å²) in [6.07, 6.45) is 0. The number of rotatable bonds is 3. The molecule has 0 heterocycles. The quantitative estimate of drug-likeness (QED) is 0.865. The van der Waals surface area contributed by atoms with Gasteiger partial charge in [0.25, 0.3) is 0 Å². The van der Waals surface area contributed by atoms with E-state index in [1.54, 1.807) is 12.1 Å².